The van der Waals surface area contributed by atoms with Crippen LogP contribution >= 0.6 is 15.5 Å². The second-order valence-electron chi connectivity index (χ2n) is 0.355. The summed E-state index contributed by atoms with van der Waals surface area (Å²) in [6.07, 6.45) is 0. The van der Waals surface area contributed by atoms with Crippen molar-refractivity contribution in [1.82, 2.24) is 0 Å². The van der Waals surface area contributed by atoms with Crippen molar-refractivity contribution in [2.75, 3.05) is 6.59 Å². The molecule has 0 aromatic rings. The van der Waals surface area contributed by atoms with E-state index in [-0.39, 0.29) is 0 Å². The summed E-state index contributed by atoms with van der Waals surface area (Å²) in [5.74, 6) is 0. The molecule has 0 aliphatic carbocycles. The molecule has 0 amide bonds. The van der Waals surface area contributed by atoms with Gasteiger partial charge in [0.2, 0.25) is 0 Å². The smallest absolute Gasteiger partial charge is 0.272 e. The Bertz CT molecular complexity index is 194. The Morgan fingerprint density at radius 1 is 3.00 bits per heavy atom. The second-order valence-corrected chi connectivity index (χ2v) is 2.64. The Morgan fingerprint density at radius 2 is 3.60 bits per heavy atom. The van der Waals surface area contributed by atoms with Crippen LogP contribution in [0.15, 0.2) is 0 Å². The zero-order valence-electron chi connectivity index (χ0n) is 7.21. The van der Waals surface area contributed by atoms with Crippen LogP contribution in [0.1, 0.15) is 4.11 Å². The summed E-state index contributed by atoms with van der Waals surface area (Å²) in [5, 5.41) is 0. The van der Waals surface area contributed by atoms with Crippen LogP contribution in [0.3, 0.4) is 0 Å². The van der Waals surface area contributed by atoms with Crippen molar-refractivity contribution in [2.24, 2.45) is 0 Å². The number of hydrogen-bond donors (Lipinski definition) is 0. The lowest BCUT2D eigenvalue weighted by atomic mass is 12.0. The average Bonchev–Trinajstić information content (AvgIpc) is 1.62. The van der Waals surface area contributed by atoms with Crippen LogP contribution in [0.25, 0.3) is 0 Å². The number of hydrogen-bond acceptors (Lipinski definition) is 2. The van der Waals surface area contributed by atoms with Crippen LogP contribution in [-0.2, 0) is 9.13 Å². The first-order chi connectivity index (χ1) is 4.19. The third-order valence-electron chi connectivity index (χ3n) is 0.0742. The Balaban J connectivity index is 4.77. The van der Waals surface area contributed by atoms with E-state index >= 15 is 0 Å². The zero-order valence-corrected chi connectivity index (χ0v) is 4.00. The molecule has 4 heteroatoms. The minimum Gasteiger partial charge on any atom is -0.272 e. The van der Waals surface area contributed by atoms with Gasteiger partial charge in [-0.3, -0.25) is 4.57 Å². The molecule has 5 heavy (non-hydrogen) atoms. The highest BCUT2D eigenvalue weighted by atomic mass is 32.0. The summed E-state index contributed by atoms with van der Waals surface area (Å²) in [6, 6.07) is 0. The van der Waals surface area contributed by atoms with Gasteiger partial charge in [-0.15, -0.1) is 0 Å². The van der Waals surface area contributed by atoms with Crippen LogP contribution in [0, 0.1) is 0 Å². The monoisotopic (exact) mass is 118 g/mol. The molecule has 0 spiro atoms. The predicted octanol–water partition coefficient (Wildman–Crippen LogP) is 1.11. The molecule has 0 rings (SSSR count). The van der Waals surface area contributed by atoms with E-state index in [0.29, 0.717) is 0 Å². The van der Waals surface area contributed by atoms with E-state index in [1.165, 1.54) is 0 Å². The van der Waals surface area contributed by atoms with Crippen molar-refractivity contribution in [3.63, 3.8) is 0 Å². The van der Waals surface area contributed by atoms with Gasteiger partial charge in [-0.25, -0.2) is 0 Å². The Hall–Kier alpha value is 0.330. The largest absolute Gasteiger partial charge is 0.393 e. The maximum Gasteiger partial charge on any atom is 0.393 e. The van der Waals surface area contributed by atoms with Crippen molar-refractivity contribution in [2.45, 2.75) is 0 Å². The van der Waals surface area contributed by atoms with Gasteiger partial charge in [-0.1, -0.05) is 4.57 Å². The molecule has 2 unspecified atom stereocenters. The summed E-state index contributed by atoms with van der Waals surface area (Å²) in [7, 11) is -7.69. The van der Waals surface area contributed by atoms with Crippen LogP contribution < -0.4 is 0 Å². The lowest BCUT2D eigenvalue weighted by Crippen LogP contribution is -1.21. The highest BCUT2D eigenvalue weighted by Gasteiger charge is 1.87. The van der Waals surface area contributed by atoms with E-state index in [1.807, 2.05) is 0 Å². The molecule has 0 radical (unpaired) electrons. The van der Waals surface area contributed by atoms with Crippen molar-refractivity contribution < 1.29 is 13.2 Å². The van der Waals surface area contributed by atoms with Gasteiger partial charge in [0.15, 0.2) is 1.28 Å². The molecule has 0 bridgehead atoms. The van der Waals surface area contributed by atoms with Crippen LogP contribution in [-0.4, -0.2) is 9.15 Å². The fraction of sp³-hybridized carbons (Fsp3) is 1.00. The second kappa shape index (κ2) is 2.56. The third kappa shape index (κ3) is 4.33. The fourth-order valence-electron chi connectivity index (χ4n) is 0. The van der Waals surface area contributed by atoms with Crippen LogP contribution in [0.5, 0.6) is 0 Å². The standard InChI is InChI=1S/CH4O2P2/c1-5(3)4-2/h5H,1H3/p+1/i1TD2,5D/hT. The molecule has 0 saturated heterocycles. The summed E-state index contributed by atoms with van der Waals surface area (Å²) >= 11 is 0. The van der Waals surface area contributed by atoms with Gasteiger partial charge in [-0.2, -0.15) is 0 Å². The Kier molecular flexibility index (Phi) is 0.588. The topological polar surface area (TPSA) is 34.1 Å². The first-order valence-corrected chi connectivity index (χ1v) is 3.57. The Labute approximate surface area is 39.2 Å². The molecule has 0 fully saturated rings. The van der Waals surface area contributed by atoms with E-state index in [9.17, 15) is 9.13 Å². The summed E-state index contributed by atoms with van der Waals surface area (Å²) in [6.45, 7) is -3.08. The lowest BCUT2D eigenvalue weighted by Gasteiger charge is -1.47. The van der Waals surface area contributed by atoms with E-state index in [0.717, 1.165) is 0 Å². The summed E-state index contributed by atoms with van der Waals surface area (Å²) in [5.41, 5.74) is 0. The zero-order chi connectivity index (χ0) is 8.58. The maximum atomic E-state index is 10.6. The normalized spacial score (nSPS) is 40.8. The van der Waals surface area contributed by atoms with Gasteiger partial charge in [0, 0.05) is 10.7 Å². The van der Waals surface area contributed by atoms with E-state index in [4.69, 9.17) is 6.67 Å². The van der Waals surface area contributed by atoms with Gasteiger partial charge in [0.05, 0.1) is 0 Å². The van der Waals surface area contributed by atoms with Gasteiger partial charge in [0.1, 0.15) is 0 Å². The summed E-state index contributed by atoms with van der Waals surface area (Å²) in [4.78, 5) is 0. The third-order valence-corrected chi connectivity index (χ3v) is 0.667. The highest BCUT2D eigenvalue weighted by molar-refractivity contribution is 8.09. The van der Waals surface area contributed by atoms with E-state index in [1.54, 1.807) is 0 Å². The van der Waals surface area contributed by atoms with Crippen molar-refractivity contribution in [3.8, 4) is 0 Å². The minimum atomic E-state index is -4.52. The lowest BCUT2D eigenvalue weighted by molar-refractivity contribution is 0.587. The van der Waals surface area contributed by atoms with Crippen LogP contribution in [0.4, 0.5) is 0 Å². The van der Waals surface area contributed by atoms with Crippen molar-refractivity contribution in [3.05, 3.63) is 0 Å². The molecule has 2 atom stereocenters. The van der Waals surface area contributed by atoms with Crippen LogP contribution in [0.2, 0.25) is 0 Å². The molecule has 0 aliphatic rings. The highest BCUT2D eigenvalue weighted by Crippen LogP contribution is 2.29. The van der Waals surface area contributed by atoms with Gasteiger partial charge >= 0.3 is 9.37 Å². The van der Waals surface area contributed by atoms with Gasteiger partial charge < -0.3 is 0 Å². The fourth-order valence-corrected chi connectivity index (χ4v) is 0. The molecular formula is CH5O2P2+. The predicted molar refractivity (Wildman–Crippen MR) is 23.9 cm³/mol. The van der Waals surface area contributed by atoms with Gasteiger partial charge in [-0.05, 0) is 0 Å². The van der Waals surface area contributed by atoms with Crippen molar-refractivity contribution >= 4 is 15.5 Å². The van der Waals surface area contributed by atoms with E-state index < -0.39 is 22.1 Å². The first-order valence-electron chi connectivity index (χ1n) is 3.18. The first kappa shape index (κ1) is 1.15. The average molecular weight is 118 g/mol. The molecule has 0 aliphatic heterocycles. The number of rotatable bonds is 1. The summed E-state index contributed by atoms with van der Waals surface area (Å²) < 4.78 is 52.9. The molecule has 0 aromatic heterocycles. The molecule has 0 saturated carbocycles. The van der Waals surface area contributed by atoms with Gasteiger partial charge in [0.25, 0.3) is 7.43 Å². The molecule has 2 nitrogen and oxygen atoms in total. The minimum absolute atomic E-state index is 3.08. The van der Waals surface area contributed by atoms with E-state index in [2.05, 4.69) is 0 Å². The molecule has 0 aromatic carbocycles. The molecule has 30 valence electrons. The molecular weight excluding hydrogens is 106 g/mol. The van der Waals surface area contributed by atoms with Crippen molar-refractivity contribution in [1.29, 1.82) is 2.56 Å². The molecule has 0 heterocycles. The SMILES string of the molecule is [2H]C([2H])([3H])P([2H])(=O)[P+]([3H])=O. The Morgan fingerprint density at radius 3 is 3.60 bits per heavy atom. The molecule has 0 N–H and O–H groups in total. The maximum absolute atomic E-state index is 10.6. The quantitative estimate of drug-likeness (QED) is 0.483.